The van der Waals surface area contributed by atoms with E-state index in [4.69, 9.17) is 9.47 Å². The Kier molecular flexibility index (Phi) is 9.19. The summed E-state index contributed by atoms with van der Waals surface area (Å²) in [5, 5.41) is 22.2. The molecular formula is C32H35N5O6. The van der Waals surface area contributed by atoms with Crippen molar-refractivity contribution in [3.63, 3.8) is 0 Å². The second-order valence-corrected chi connectivity index (χ2v) is 10.4. The monoisotopic (exact) mass is 585 g/mol. The molecule has 1 saturated carbocycles. The van der Waals surface area contributed by atoms with E-state index in [1.54, 1.807) is 49.4 Å². The largest absolute Gasteiger partial charge is 0.504 e. The molecule has 0 radical (unpaired) electrons. The molecule has 1 aliphatic rings. The van der Waals surface area contributed by atoms with Gasteiger partial charge in [0.1, 0.15) is 18.1 Å². The Bertz CT molecular complexity index is 1600. The van der Waals surface area contributed by atoms with Gasteiger partial charge in [0.2, 0.25) is 11.8 Å². The summed E-state index contributed by atoms with van der Waals surface area (Å²) in [4.78, 5) is 42.2. The number of nitrogens with zero attached hydrogens (tertiary/aromatic N) is 4. The quantitative estimate of drug-likeness (QED) is 0.259. The number of fused-ring (bicyclic) bond motifs is 1. The van der Waals surface area contributed by atoms with Gasteiger partial charge in [-0.2, -0.15) is 0 Å². The molecule has 5 rings (SSSR count). The molecule has 0 unspecified atom stereocenters. The highest BCUT2D eigenvalue weighted by atomic mass is 16.5. The van der Waals surface area contributed by atoms with Gasteiger partial charge in [0.25, 0.3) is 0 Å². The van der Waals surface area contributed by atoms with Crippen LogP contribution in [0.15, 0.2) is 66.7 Å². The maximum atomic E-state index is 14.3. The minimum atomic E-state index is -1.16. The number of nitrogens with one attached hydrogen (secondary N) is 1. The number of hydrogen-bond acceptors (Lipinski definition) is 8. The van der Waals surface area contributed by atoms with Crippen molar-refractivity contribution in [2.75, 3.05) is 18.6 Å². The molecule has 1 aromatic heterocycles. The Hall–Kier alpha value is -4.93. The van der Waals surface area contributed by atoms with Crippen molar-refractivity contribution < 1.29 is 29.0 Å². The Morgan fingerprint density at radius 3 is 2.49 bits per heavy atom. The summed E-state index contributed by atoms with van der Waals surface area (Å²) in [6, 6.07) is 17.1. The Balaban J connectivity index is 1.59. The van der Waals surface area contributed by atoms with Crippen LogP contribution in [-0.4, -0.2) is 57.6 Å². The number of methoxy groups -OCH3 is 1. The molecule has 2 amide bonds. The molecule has 224 valence electrons. The third kappa shape index (κ3) is 6.61. The number of carbonyl (C=O) groups is 3. The lowest BCUT2D eigenvalue weighted by Gasteiger charge is -2.33. The van der Waals surface area contributed by atoms with Crippen LogP contribution in [0.1, 0.15) is 61.0 Å². The average molecular weight is 586 g/mol. The van der Waals surface area contributed by atoms with Gasteiger partial charge in [0.05, 0.1) is 24.8 Å². The summed E-state index contributed by atoms with van der Waals surface area (Å²) in [7, 11) is 1.44. The standard InChI is InChI=1S/C32H35N5O6/c1-3-43-32(41)21-13-16-24(17-14-21)37(29(39)20-36-26-12-8-7-11-25(26)34-35-36)30(22-15-18-28(42-2)27(38)19-22)31(40)33-23-9-5-4-6-10-23/h7-8,11-19,23,30,38H,3-6,9-10,20H2,1-2H3,(H,33,40)/t30-/m1/s1. The summed E-state index contributed by atoms with van der Waals surface area (Å²) in [5.74, 6) is -1.25. The molecule has 1 aliphatic carbocycles. The number of anilines is 1. The first-order chi connectivity index (χ1) is 20.9. The number of rotatable bonds is 10. The fourth-order valence-electron chi connectivity index (χ4n) is 5.47. The lowest BCUT2D eigenvalue weighted by Crippen LogP contribution is -2.48. The lowest BCUT2D eigenvalue weighted by atomic mass is 9.94. The third-order valence-corrected chi connectivity index (χ3v) is 7.61. The van der Waals surface area contributed by atoms with Crippen molar-refractivity contribution >= 4 is 34.5 Å². The van der Waals surface area contributed by atoms with Crippen LogP contribution in [0.4, 0.5) is 5.69 Å². The van der Waals surface area contributed by atoms with Crippen molar-refractivity contribution in [2.24, 2.45) is 0 Å². The predicted molar refractivity (Wildman–Crippen MR) is 160 cm³/mol. The van der Waals surface area contributed by atoms with E-state index in [0.717, 1.165) is 32.1 Å². The zero-order chi connectivity index (χ0) is 30.3. The van der Waals surface area contributed by atoms with Crippen LogP contribution < -0.4 is 15.0 Å². The van der Waals surface area contributed by atoms with Gasteiger partial charge in [-0.1, -0.05) is 42.7 Å². The number of phenolic OH excluding ortho intramolecular Hbond substituents is 1. The number of aromatic nitrogens is 3. The van der Waals surface area contributed by atoms with Crippen molar-refractivity contribution in [1.29, 1.82) is 0 Å². The topological polar surface area (TPSA) is 136 Å². The van der Waals surface area contributed by atoms with E-state index in [0.29, 0.717) is 27.8 Å². The van der Waals surface area contributed by atoms with E-state index >= 15 is 0 Å². The first kappa shape index (κ1) is 29.6. The number of carbonyl (C=O) groups excluding carboxylic acids is 3. The molecule has 2 N–H and O–H groups in total. The van der Waals surface area contributed by atoms with Crippen molar-refractivity contribution in [3.8, 4) is 11.5 Å². The van der Waals surface area contributed by atoms with Crippen LogP contribution in [0.25, 0.3) is 11.0 Å². The second-order valence-electron chi connectivity index (χ2n) is 10.4. The van der Waals surface area contributed by atoms with Gasteiger partial charge in [-0.15, -0.1) is 5.10 Å². The molecule has 4 aromatic rings. The highest BCUT2D eigenvalue weighted by Gasteiger charge is 2.35. The average Bonchev–Trinajstić information content (AvgIpc) is 3.43. The summed E-state index contributed by atoms with van der Waals surface area (Å²) >= 11 is 0. The number of benzene rings is 3. The molecule has 11 heteroatoms. The fourth-order valence-corrected chi connectivity index (χ4v) is 5.47. The normalized spacial score (nSPS) is 14.2. The number of para-hydroxylation sites is 1. The SMILES string of the molecule is CCOC(=O)c1ccc(N(C(=O)Cn2nnc3ccccc32)[C@@H](C(=O)NC2CCCCC2)c2ccc(OC)c(O)c2)cc1. The molecule has 0 saturated heterocycles. The maximum Gasteiger partial charge on any atom is 0.338 e. The summed E-state index contributed by atoms with van der Waals surface area (Å²) in [6.07, 6.45) is 4.83. The smallest absolute Gasteiger partial charge is 0.338 e. The van der Waals surface area contributed by atoms with Gasteiger partial charge in [-0.3, -0.25) is 14.5 Å². The molecular weight excluding hydrogens is 550 g/mol. The van der Waals surface area contributed by atoms with E-state index in [1.165, 1.54) is 22.8 Å². The molecule has 0 bridgehead atoms. The van der Waals surface area contributed by atoms with Gasteiger partial charge >= 0.3 is 5.97 Å². The van der Waals surface area contributed by atoms with Crippen LogP contribution >= 0.6 is 0 Å². The van der Waals surface area contributed by atoms with Crippen LogP contribution in [0.3, 0.4) is 0 Å². The summed E-state index contributed by atoms with van der Waals surface area (Å²) < 4.78 is 11.8. The lowest BCUT2D eigenvalue weighted by molar-refractivity contribution is -0.127. The van der Waals surface area contributed by atoms with Gasteiger partial charge in [-0.25, -0.2) is 9.48 Å². The molecule has 0 aliphatic heterocycles. The minimum absolute atomic E-state index is 0.0296. The summed E-state index contributed by atoms with van der Waals surface area (Å²) in [5.41, 5.74) is 2.37. The molecule has 11 nitrogen and oxygen atoms in total. The van der Waals surface area contributed by atoms with E-state index in [1.807, 2.05) is 18.2 Å². The van der Waals surface area contributed by atoms with Crippen LogP contribution in [0.5, 0.6) is 11.5 Å². The van der Waals surface area contributed by atoms with Crippen LogP contribution in [0, 0.1) is 0 Å². The maximum absolute atomic E-state index is 14.3. The van der Waals surface area contributed by atoms with Crippen molar-refractivity contribution in [2.45, 2.75) is 57.7 Å². The Morgan fingerprint density at radius 2 is 1.79 bits per heavy atom. The molecule has 0 spiro atoms. The van der Waals surface area contributed by atoms with E-state index < -0.39 is 17.9 Å². The number of aromatic hydroxyl groups is 1. The molecule has 1 atom stereocenters. The van der Waals surface area contributed by atoms with Gasteiger partial charge < -0.3 is 19.9 Å². The van der Waals surface area contributed by atoms with Crippen LogP contribution in [0.2, 0.25) is 0 Å². The van der Waals surface area contributed by atoms with Gasteiger partial charge in [-0.05, 0) is 73.9 Å². The zero-order valence-electron chi connectivity index (χ0n) is 24.2. The fraction of sp³-hybridized carbons (Fsp3) is 0.344. The number of ether oxygens (including phenoxy) is 2. The molecule has 3 aromatic carbocycles. The van der Waals surface area contributed by atoms with Gasteiger partial charge in [0.15, 0.2) is 11.5 Å². The number of hydrogen-bond donors (Lipinski definition) is 2. The highest BCUT2D eigenvalue weighted by molar-refractivity contribution is 6.02. The molecule has 1 fully saturated rings. The second kappa shape index (κ2) is 13.4. The zero-order valence-corrected chi connectivity index (χ0v) is 24.2. The minimum Gasteiger partial charge on any atom is -0.504 e. The Labute approximate surface area is 249 Å². The van der Waals surface area contributed by atoms with Crippen molar-refractivity contribution in [1.82, 2.24) is 20.3 Å². The number of phenols is 1. The third-order valence-electron chi connectivity index (χ3n) is 7.61. The van der Waals surface area contributed by atoms with Crippen LogP contribution in [-0.2, 0) is 20.9 Å². The highest BCUT2D eigenvalue weighted by Crippen LogP contribution is 2.35. The molecule has 43 heavy (non-hydrogen) atoms. The first-order valence-electron chi connectivity index (χ1n) is 14.4. The van der Waals surface area contributed by atoms with E-state index in [-0.39, 0.29) is 36.6 Å². The number of amides is 2. The predicted octanol–water partition coefficient (Wildman–Crippen LogP) is 4.55. The summed E-state index contributed by atoms with van der Waals surface area (Å²) in [6.45, 7) is 1.73. The number of esters is 1. The van der Waals surface area contributed by atoms with Gasteiger partial charge in [0, 0.05) is 11.7 Å². The first-order valence-corrected chi connectivity index (χ1v) is 14.4. The van der Waals surface area contributed by atoms with E-state index in [9.17, 15) is 19.5 Å². The molecule has 1 heterocycles. The van der Waals surface area contributed by atoms with E-state index in [2.05, 4.69) is 15.6 Å². The Morgan fingerprint density at radius 1 is 1.05 bits per heavy atom. The van der Waals surface area contributed by atoms with Crippen molar-refractivity contribution in [3.05, 3.63) is 77.9 Å².